The Morgan fingerprint density at radius 1 is 0.388 bits per heavy atom. The molecule has 0 heterocycles. The van der Waals surface area contributed by atoms with Gasteiger partial charge in [0.05, 0.1) is 36.2 Å². The Hall–Kier alpha value is -4.33. The summed E-state index contributed by atoms with van der Waals surface area (Å²) in [5.74, 6) is -5.11. The summed E-state index contributed by atoms with van der Waals surface area (Å²) in [4.78, 5) is 86.9. The van der Waals surface area contributed by atoms with E-state index in [1.807, 2.05) is 0 Å². The monoisotopic (exact) mass is 714 g/mol. The first-order valence-electron chi connectivity index (χ1n) is 13.7. The molecule has 0 rings (SSSR count). The smallest absolute Gasteiger partial charge is 0.545 e. The van der Waals surface area contributed by atoms with Gasteiger partial charge < -0.3 is 29.7 Å². The number of aliphatic carboxylic acids is 3. The van der Waals surface area contributed by atoms with Gasteiger partial charge in [-0.1, -0.05) is 39.5 Å². The molecule has 0 saturated heterocycles. The molecule has 0 N–H and O–H groups in total. The first-order chi connectivity index (χ1) is 21.5. The molecule has 0 aromatic carbocycles. The van der Waals surface area contributed by atoms with Crippen LogP contribution in [-0.2, 0) is 58.1 Å². The van der Waals surface area contributed by atoms with Crippen molar-refractivity contribution in [3.63, 3.8) is 0 Å². The molecule has 276 valence electrons. The minimum atomic E-state index is -1.19. The minimum absolute atomic E-state index is 0. The van der Waals surface area contributed by atoms with E-state index in [1.165, 1.54) is 20.8 Å². The molecule has 0 fully saturated rings. The van der Waals surface area contributed by atoms with Crippen LogP contribution in [0, 0.1) is 0 Å². The summed E-state index contributed by atoms with van der Waals surface area (Å²) in [7, 11) is 0. The number of rotatable bonds is 12. The number of carboxylic acid groups (broad SMARTS) is 3. The van der Waals surface area contributed by atoms with E-state index in [2.05, 4.69) is 68.8 Å². The van der Waals surface area contributed by atoms with E-state index in [-0.39, 0.29) is 52.4 Å². The predicted molar refractivity (Wildman–Crippen MR) is 177 cm³/mol. The van der Waals surface area contributed by atoms with Gasteiger partial charge in [0.15, 0.2) is 0 Å². The maximum Gasteiger partial charge on any atom is 3.00 e. The fraction of sp³-hybridized carbons (Fsp3) is 0.455. The van der Waals surface area contributed by atoms with Crippen LogP contribution in [0.3, 0.4) is 0 Å². The molecule has 0 aliphatic carbocycles. The predicted octanol–water partition coefficient (Wildman–Crippen LogP) is 1.89. The van der Waals surface area contributed by atoms with E-state index in [1.54, 1.807) is 62.3 Å². The van der Waals surface area contributed by atoms with Crippen LogP contribution >= 0.6 is 0 Å². The van der Waals surface area contributed by atoms with Gasteiger partial charge in [0.1, 0.15) is 0 Å². The van der Waals surface area contributed by atoms with Crippen LogP contribution in [0.25, 0.3) is 0 Å². The van der Waals surface area contributed by atoms with Crippen LogP contribution in [0.5, 0.6) is 0 Å². The van der Waals surface area contributed by atoms with Crippen molar-refractivity contribution in [1.29, 1.82) is 0 Å². The van der Waals surface area contributed by atoms with Crippen LogP contribution in [0.4, 0.5) is 0 Å². The average molecular weight is 715 g/mol. The fourth-order valence-electron chi connectivity index (χ4n) is 0.633. The van der Waals surface area contributed by atoms with Crippen molar-refractivity contribution in [2.24, 2.45) is 0 Å². The second-order valence-corrected chi connectivity index (χ2v) is 10.1. The molecule has 15 nitrogen and oxygen atoms in total. The van der Waals surface area contributed by atoms with Gasteiger partial charge in [0, 0.05) is 16.7 Å². The normalized spacial score (nSPS) is 8.63. The zero-order valence-electron chi connectivity index (χ0n) is 30.7. The van der Waals surface area contributed by atoms with Crippen molar-refractivity contribution >= 4 is 53.2 Å². The molecule has 0 amide bonds. The molecule has 0 unspecified atom stereocenters. The second kappa shape index (κ2) is 36.5. The molecule has 0 saturated carbocycles. The van der Waals surface area contributed by atoms with E-state index in [9.17, 15) is 44.1 Å². The summed E-state index contributed by atoms with van der Waals surface area (Å²) < 4.78 is 0. The average Bonchev–Trinajstić information content (AvgIpc) is 2.94. The number of carboxylic acids is 3. The Bertz CT molecular complexity index is 943. The molecule has 0 aliphatic heterocycles. The van der Waals surface area contributed by atoms with Crippen molar-refractivity contribution in [2.45, 2.75) is 101 Å². The SMILES string of the molecule is C=C(C)C(=O)OOC(C)C.C=C(C)C(=O)OOC(C)C.C=C(C)C(=O)OOC(C)C.C=C(C)C(=O)[O-].C=C(C)C(=O)[O-].C=C(C)C(=O)[O-].[Al+3]. The van der Waals surface area contributed by atoms with Crippen LogP contribution in [0.1, 0.15) is 83.1 Å². The number of hydrogen-bond acceptors (Lipinski definition) is 15. The van der Waals surface area contributed by atoms with E-state index in [0.29, 0.717) is 16.7 Å². The van der Waals surface area contributed by atoms with E-state index in [4.69, 9.17) is 0 Å². The molecule has 49 heavy (non-hydrogen) atoms. The molecule has 0 atom stereocenters. The zero-order chi connectivity index (χ0) is 39.9. The van der Waals surface area contributed by atoms with Crippen molar-refractivity contribution in [3.8, 4) is 0 Å². The van der Waals surface area contributed by atoms with Gasteiger partial charge in [-0.25, -0.2) is 14.4 Å². The van der Waals surface area contributed by atoms with Crippen LogP contribution in [0.15, 0.2) is 72.9 Å². The molecular weight excluding hydrogens is 663 g/mol. The standard InChI is InChI=1S/3C7H12O3.3C4H6O2.Al/c3*1-5(2)7(8)10-9-6(3)4;3*1-3(2)4(5)6;/h3*6H,1H2,2-4H3;3*1H2,2H3,(H,5,6);/q;;;;;;+3/p-3. The molecule has 0 aromatic rings. The molecule has 0 bridgehead atoms. The maximum absolute atomic E-state index is 10.6. The van der Waals surface area contributed by atoms with Crippen molar-refractivity contribution in [2.75, 3.05) is 0 Å². The summed E-state index contributed by atoms with van der Waals surface area (Å²) >= 11 is 0. The van der Waals surface area contributed by atoms with Gasteiger partial charge in [-0.3, -0.25) is 14.7 Å². The maximum atomic E-state index is 10.6. The topological polar surface area (TPSA) is 227 Å². The molecular formula is C33H51AlO15. The van der Waals surface area contributed by atoms with Crippen molar-refractivity contribution < 1.29 is 73.4 Å². The molecule has 0 aliphatic rings. The van der Waals surface area contributed by atoms with E-state index >= 15 is 0 Å². The summed E-state index contributed by atoms with van der Waals surface area (Å²) in [6.45, 7) is 38.9. The molecule has 0 radical (unpaired) electrons. The quantitative estimate of drug-likeness (QED) is 0.122. The summed E-state index contributed by atoms with van der Waals surface area (Å²) in [6, 6.07) is 0. The minimum Gasteiger partial charge on any atom is -0.545 e. The van der Waals surface area contributed by atoms with Crippen LogP contribution in [-0.4, -0.2) is 71.5 Å². The number of hydrogen-bond donors (Lipinski definition) is 0. The Balaban J connectivity index is -0.0000000875. The molecule has 0 aromatic heterocycles. The van der Waals surface area contributed by atoms with Crippen LogP contribution < -0.4 is 15.3 Å². The Labute approximate surface area is 300 Å². The van der Waals surface area contributed by atoms with Gasteiger partial charge in [0.25, 0.3) is 0 Å². The van der Waals surface area contributed by atoms with Crippen LogP contribution in [0.2, 0.25) is 0 Å². The third kappa shape index (κ3) is 63.1. The van der Waals surface area contributed by atoms with Gasteiger partial charge in [-0.05, 0) is 99.8 Å². The third-order valence-electron chi connectivity index (χ3n) is 3.04. The summed E-state index contributed by atoms with van der Waals surface area (Å²) in [5.41, 5.74) is 1.20. The Morgan fingerprint density at radius 2 is 0.510 bits per heavy atom. The second-order valence-electron chi connectivity index (χ2n) is 10.1. The number of carbonyl (C=O) groups is 6. The van der Waals surface area contributed by atoms with Crippen molar-refractivity contribution in [1.82, 2.24) is 0 Å². The first-order valence-corrected chi connectivity index (χ1v) is 13.7. The Morgan fingerprint density at radius 3 is 0.571 bits per heavy atom. The first kappa shape index (κ1) is 60.0. The van der Waals surface area contributed by atoms with E-state index in [0.717, 1.165) is 0 Å². The number of carbonyl (C=O) groups excluding carboxylic acids is 6. The van der Waals surface area contributed by atoms with Crippen molar-refractivity contribution in [3.05, 3.63) is 72.9 Å². The van der Waals surface area contributed by atoms with Gasteiger partial charge in [0.2, 0.25) is 0 Å². The van der Waals surface area contributed by atoms with Gasteiger partial charge in [-0.15, -0.1) is 0 Å². The largest absolute Gasteiger partial charge is 3.00 e. The molecule has 16 heteroatoms. The summed E-state index contributed by atoms with van der Waals surface area (Å²) in [6.07, 6.45) is -0.324. The van der Waals surface area contributed by atoms with Gasteiger partial charge in [-0.2, -0.15) is 14.7 Å². The summed E-state index contributed by atoms with van der Waals surface area (Å²) in [5, 5.41) is 28.5. The third-order valence-corrected chi connectivity index (χ3v) is 3.04. The van der Waals surface area contributed by atoms with E-state index < -0.39 is 35.8 Å². The Kier molecular flexibility index (Phi) is 44.7. The van der Waals surface area contributed by atoms with Gasteiger partial charge >= 0.3 is 35.3 Å². The molecule has 0 spiro atoms. The fourth-order valence-corrected chi connectivity index (χ4v) is 0.633. The zero-order valence-corrected chi connectivity index (χ0v) is 31.8.